The average molecular weight is 312 g/mol. The van der Waals surface area contributed by atoms with Crippen molar-refractivity contribution in [2.75, 3.05) is 11.9 Å². The molecule has 1 aliphatic heterocycles. The van der Waals surface area contributed by atoms with Crippen molar-refractivity contribution >= 4 is 29.2 Å². The molecule has 1 heterocycles. The van der Waals surface area contributed by atoms with E-state index in [1.54, 1.807) is 25.1 Å². The van der Waals surface area contributed by atoms with Gasteiger partial charge in [-0.2, -0.15) is 0 Å². The fourth-order valence-electron chi connectivity index (χ4n) is 2.44. The lowest BCUT2D eigenvalue weighted by molar-refractivity contribution is -0.148. The van der Waals surface area contributed by atoms with Crippen molar-refractivity contribution in [2.24, 2.45) is 5.92 Å². The van der Waals surface area contributed by atoms with Crippen LogP contribution in [0.2, 0.25) is 5.02 Å². The van der Waals surface area contributed by atoms with Crippen molar-refractivity contribution in [3.8, 4) is 0 Å². The van der Waals surface area contributed by atoms with Gasteiger partial charge in [0.15, 0.2) is 0 Å². The number of rotatable bonds is 5. The van der Waals surface area contributed by atoms with Gasteiger partial charge in [0.05, 0.1) is 12.0 Å². The highest BCUT2D eigenvalue weighted by atomic mass is 35.5. The molecular formula is C15H18ClNO4. The first-order chi connectivity index (χ1) is 9.99. The van der Waals surface area contributed by atoms with Crippen molar-refractivity contribution in [3.63, 3.8) is 0 Å². The van der Waals surface area contributed by atoms with Gasteiger partial charge in [-0.3, -0.25) is 9.59 Å². The van der Waals surface area contributed by atoms with Crippen LogP contribution in [0.5, 0.6) is 0 Å². The molecule has 1 aromatic rings. The standard InChI is InChI=1S/C15H18ClNO4/c1-9-11(16)4-2-5-12(9)17-14(18)8-10(15(19)20)13-6-3-7-21-13/h2,4-5,10,13H,3,6-8H2,1H3,(H,17,18)(H,19,20)/t10-,13+/m0/s1. The number of amides is 1. The fraction of sp³-hybridized carbons (Fsp3) is 0.467. The van der Waals surface area contributed by atoms with Gasteiger partial charge in [-0.1, -0.05) is 17.7 Å². The first kappa shape index (κ1) is 15.8. The molecule has 0 aliphatic carbocycles. The zero-order valence-corrected chi connectivity index (χ0v) is 12.5. The molecule has 1 fully saturated rings. The molecular weight excluding hydrogens is 294 g/mol. The molecule has 2 N–H and O–H groups in total. The fourth-order valence-corrected chi connectivity index (χ4v) is 2.62. The van der Waals surface area contributed by atoms with Crippen LogP contribution >= 0.6 is 11.6 Å². The molecule has 0 spiro atoms. The molecule has 1 aliphatic rings. The van der Waals surface area contributed by atoms with Crippen LogP contribution in [-0.4, -0.2) is 29.7 Å². The largest absolute Gasteiger partial charge is 0.481 e. The van der Waals surface area contributed by atoms with Crippen LogP contribution in [0.3, 0.4) is 0 Å². The Hall–Kier alpha value is -1.59. The smallest absolute Gasteiger partial charge is 0.309 e. The van der Waals surface area contributed by atoms with Gasteiger partial charge in [0.2, 0.25) is 5.91 Å². The molecule has 2 rings (SSSR count). The Morgan fingerprint density at radius 1 is 1.52 bits per heavy atom. The maximum atomic E-state index is 12.1. The van der Waals surface area contributed by atoms with Crippen LogP contribution < -0.4 is 5.32 Å². The van der Waals surface area contributed by atoms with E-state index in [9.17, 15) is 14.7 Å². The molecule has 1 aromatic carbocycles. The Morgan fingerprint density at radius 3 is 2.90 bits per heavy atom. The summed E-state index contributed by atoms with van der Waals surface area (Å²) in [6.07, 6.45) is 1.03. The maximum absolute atomic E-state index is 12.1. The zero-order valence-electron chi connectivity index (χ0n) is 11.8. The summed E-state index contributed by atoms with van der Waals surface area (Å²) in [5.41, 5.74) is 1.36. The SMILES string of the molecule is Cc1c(Cl)cccc1NC(=O)C[C@H](C(=O)O)[C@H]1CCCO1. The molecule has 0 aromatic heterocycles. The first-order valence-electron chi connectivity index (χ1n) is 6.88. The molecule has 6 heteroatoms. The molecule has 5 nitrogen and oxygen atoms in total. The lowest BCUT2D eigenvalue weighted by atomic mass is 9.96. The third-order valence-corrected chi connectivity index (χ3v) is 4.09. The van der Waals surface area contributed by atoms with Gasteiger partial charge in [0.1, 0.15) is 0 Å². The number of benzene rings is 1. The Balaban J connectivity index is 2.02. The maximum Gasteiger partial charge on any atom is 0.309 e. The number of nitrogens with one attached hydrogen (secondary N) is 1. The molecule has 0 saturated carbocycles. The molecule has 1 saturated heterocycles. The van der Waals surface area contributed by atoms with Gasteiger partial charge in [0.25, 0.3) is 0 Å². The normalized spacial score (nSPS) is 19.2. The lowest BCUT2D eigenvalue weighted by Gasteiger charge is -2.18. The van der Waals surface area contributed by atoms with E-state index in [1.807, 2.05) is 0 Å². The van der Waals surface area contributed by atoms with Gasteiger partial charge in [-0.05, 0) is 37.5 Å². The lowest BCUT2D eigenvalue weighted by Crippen LogP contribution is -2.31. The van der Waals surface area contributed by atoms with E-state index in [0.717, 1.165) is 12.0 Å². The van der Waals surface area contributed by atoms with Crippen molar-refractivity contribution in [1.82, 2.24) is 0 Å². The van der Waals surface area contributed by atoms with E-state index in [-0.39, 0.29) is 18.4 Å². The van der Waals surface area contributed by atoms with Crippen LogP contribution in [-0.2, 0) is 14.3 Å². The number of halogens is 1. The minimum Gasteiger partial charge on any atom is -0.481 e. The van der Waals surface area contributed by atoms with Gasteiger partial charge >= 0.3 is 5.97 Å². The number of carbonyl (C=O) groups is 2. The minimum absolute atomic E-state index is 0.105. The van der Waals surface area contributed by atoms with Gasteiger partial charge in [-0.25, -0.2) is 0 Å². The second kappa shape index (κ2) is 6.91. The summed E-state index contributed by atoms with van der Waals surface area (Å²) in [7, 11) is 0. The van der Waals surface area contributed by atoms with E-state index in [2.05, 4.69) is 5.32 Å². The second-order valence-electron chi connectivity index (χ2n) is 5.16. The summed E-state index contributed by atoms with van der Waals surface area (Å²) >= 11 is 5.99. The zero-order chi connectivity index (χ0) is 15.4. The van der Waals surface area contributed by atoms with E-state index < -0.39 is 11.9 Å². The van der Waals surface area contributed by atoms with Crippen molar-refractivity contribution < 1.29 is 19.4 Å². The summed E-state index contributed by atoms with van der Waals surface area (Å²) in [6.45, 7) is 2.36. The summed E-state index contributed by atoms with van der Waals surface area (Å²) in [4.78, 5) is 23.4. The number of carboxylic acid groups (broad SMARTS) is 1. The minimum atomic E-state index is -1.00. The second-order valence-corrected chi connectivity index (χ2v) is 5.57. The van der Waals surface area contributed by atoms with E-state index in [0.29, 0.717) is 23.7 Å². The predicted molar refractivity (Wildman–Crippen MR) is 79.5 cm³/mol. The van der Waals surface area contributed by atoms with E-state index >= 15 is 0 Å². The van der Waals surface area contributed by atoms with Gasteiger partial charge < -0.3 is 15.2 Å². The molecule has 2 atom stereocenters. The predicted octanol–water partition coefficient (Wildman–Crippen LogP) is 2.86. The van der Waals surface area contributed by atoms with Crippen molar-refractivity contribution in [1.29, 1.82) is 0 Å². The van der Waals surface area contributed by atoms with Crippen LogP contribution in [0, 0.1) is 12.8 Å². The van der Waals surface area contributed by atoms with Gasteiger partial charge in [0, 0.05) is 23.7 Å². The Morgan fingerprint density at radius 2 is 2.29 bits per heavy atom. The molecule has 1 amide bonds. The molecule has 0 unspecified atom stereocenters. The molecule has 0 radical (unpaired) electrons. The van der Waals surface area contributed by atoms with Crippen LogP contribution in [0.1, 0.15) is 24.8 Å². The molecule has 21 heavy (non-hydrogen) atoms. The summed E-state index contributed by atoms with van der Waals surface area (Å²) in [5, 5.41) is 12.5. The Labute approximate surface area is 128 Å². The first-order valence-corrected chi connectivity index (χ1v) is 7.26. The third kappa shape index (κ3) is 3.95. The third-order valence-electron chi connectivity index (χ3n) is 3.68. The van der Waals surface area contributed by atoms with Crippen molar-refractivity contribution in [2.45, 2.75) is 32.3 Å². The van der Waals surface area contributed by atoms with Crippen LogP contribution in [0.4, 0.5) is 5.69 Å². The Bertz CT molecular complexity index is 540. The Kier molecular flexibility index (Phi) is 5.20. The van der Waals surface area contributed by atoms with E-state index in [4.69, 9.17) is 16.3 Å². The highest BCUT2D eigenvalue weighted by Gasteiger charge is 2.33. The highest BCUT2D eigenvalue weighted by molar-refractivity contribution is 6.31. The molecule has 0 bridgehead atoms. The quantitative estimate of drug-likeness (QED) is 0.876. The van der Waals surface area contributed by atoms with Crippen LogP contribution in [0.25, 0.3) is 0 Å². The van der Waals surface area contributed by atoms with Crippen molar-refractivity contribution in [3.05, 3.63) is 28.8 Å². The number of hydrogen-bond donors (Lipinski definition) is 2. The number of aliphatic carboxylic acids is 1. The van der Waals surface area contributed by atoms with Crippen LogP contribution in [0.15, 0.2) is 18.2 Å². The highest BCUT2D eigenvalue weighted by Crippen LogP contribution is 2.26. The average Bonchev–Trinajstić information content (AvgIpc) is 2.95. The van der Waals surface area contributed by atoms with Gasteiger partial charge in [-0.15, -0.1) is 0 Å². The summed E-state index contributed by atoms with van der Waals surface area (Å²) in [6, 6.07) is 5.21. The topological polar surface area (TPSA) is 75.6 Å². The number of ether oxygens (including phenoxy) is 1. The molecule has 114 valence electrons. The number of carbonyl (C=O) groups excluding carboxylic acids is 1. The summed E-state index contributed by atoms with van der Waals surface area (Å²) in [5.74, 6) is -2.16. The number of carboxylic acids is 1. The number of anilines is 1. The van der Waals surface area contributed by atoms with E-state index in [1.165, 1.54) is 0 Å². The number of hydrogen-bond acceptors (Lipinski definition) is 3. The monoisotopic (exact) mass is 311 g/mol. The summed E-state index contributed by atoms with van der Waals surface area (Å²) < 4.78 is 5.39.